The lowest BCUT2D eigenvalue weighted by Crippen LogP contribution is -2.54. The number of carbonyl (C=O) groups excluding carboxylic acids is 6. The maximum atomic E-state index is 14.4. The predicted molar refractivity (Wildman–Crippen MR) is 278 cm³/mol. The molecule has 0 spiro atoms. The summed E-state index contributed by atoms with van der Waals surface area (Å²) >= 11 is 2.29. The van der Waals surface area contributed by atoms with Gasteiger partial charge in [0, 0.05) is 58.6 Å². The van der Waals surface area contributed by atoms with Crippen LogP contribution < -0.4 is 10.6 Å². The Kier molecular flexibility index (Phi) is 28.0. The number of ketones is 2. The Balaban J connectivity index is 0.00000514. The molecule has 3 rings (SSSR count). The van der Waals surface area contributed by atoms with E-state index in [1.165, 1.54) is 4.43 Å². The fourth-order valence-corrected chi connectivity index (χ4v) is 9.44. The highest BCUT2D eigenvalue weighted by molar-refractivity contribution is 14.1. The minimum Gasteiger partial charge on any atom is -0.455 e. The van der Waals surface area contributed by atoms with Gasteiger partial charge >= 0.3 is 5.97 Å². The second kappa shape index (κ2) is 31.5. The summed E-state index contributed by atoms with van der Waals surface area (Å²) in [5.74, 6) is -2.24. The van der Waals surface area contributed by atoms with Gasteiger partial charge in [0.25, 0.3) is 0 Å². The van der Waals surface area contributed by atoms with Crippen molar-refractivity contribution < 1.29 is 43.0 Å². The van der Waals surface area contributed by atoms with Crippen LogP contribution in [0.3, 0.4) is 0 Å². The molecule has 0 radical (unpaired) electrons. The molecule has 1 saturated heterocycles. The van der Waals surface area contributed by atoms with E-state index < -0.39 is 54.2 Å². The third kappa shape index (κ3) is 18.2. The van der Waals surface area contributed by atoms with Crippen LogP contribution in [-0.4, -0.2) is 121 Å². The van der Waals surface area contributed by atoms with Gasteiger partial charge in [-0.1, -0.05) is 145 Å². The van der Waals surface area contributed by atoms with Gasteiger partial charge < -0.3 is 34.6 Å². The Morgan fingerprint density at radius 3 is 1.94 bits per heavy atom. The second-order valence-corrected chi connectivity index (χ2v) is 20.5. The molecule has 2 aromatic rings. The van der Waals surface area contributed by atoms with Gasteiger partial charge in [-0.2, -0.15) is 0 Å². The van der Waals surface area contributed by atoms with Gasteiger partial charge in [0.15, 0.2) is 11.6 Å². The van der Waals surface area contributed by atoms with E-state index in [0.29, 0.717) is 37.8 Å². The number of methoxy groups -OCH3 is 2. The van der Waals surface area contributed by atoms with Crippen LogP contribution in [0.4, 0.5) is 0 Å². The lowest BCUT2D eigenvalue weighted by atomic mass is 9.84. The first-order valence-corrected chi connectivity index (χ1v) is 26.4. The Morgan fingerprint density at radius 2 is 1.41 bits per heavy atom. The van der Waals surface area contributed by atoms with Crippen molar-refractivity contribution >= 4 is 57.8 Å². The fraction of sp³-hybridized carbons (Fsp3) is 0.667. The van der Waals surface area contributed by atoms with Gasteiger partial charge in [-0.3, -0.25) is 28.8 Å². The van der Waals surface area contributed by atoms with E-state index in [0.717, 1.165) is 18.4 Å². The highest BCUT2D eigenvalue weighted by Gasteiger charge is 2.43. The summed E-state index contributed by atoms with van der Waals surface area (Å²) in [5.41, 5.74) is 1.38. The number of carbonyl (C=O) groups is 6. The molecule has 13 nitrogen and oxygen atoms in total. The quantitative estimate of drug-likeness (QED) is 0.0277. The van der Waals surface area contributed by atoms with Gasteiger partial charge in [0.05, 0.1) is 48.7 Å². The number of Topliss-reactive ketones (excluding diaryl/α,β-unsaturated/α-hetero) is 2. The smallest absolute Gasteiger partial charge is 0.306 e. The summed E-state index contributed by atoms with van der Waals surface area (Å²) in [6.45, 7) is 18.2. The van der Waals surface area contributed by atoms with Crippen LogP contribution in [0.1, 0.15) is 142 Å². The Bertz CT molecular complexity index is 1830. The highest BCUT2D eigenvalue weighted by atomic mass is 127. The molecule has 1 aliphatic rings. The summed E-state index contributed by atoms with van der Waals surface area (Å²) < 4.78 is 19.3. The third-order valence-electron chi connectivity index (χ3n) is 13.5. The summed E-state index contributed by atoms with van der Waals surface area (Å²) in [4.78, 5) is 85.4. The number of benzene rings is 2. The zero-order valence-electron chi connectivity index (χ0n) is 43.4. The zero-order chi connectivity index (χ0) is 51.1. The minimum absolute atomic E-state index is 0.00259. The number of nitrogens with one attached hydrogen (secondary N) is 2. The van der Waals surface area contributed by atoms with Crippen molar-refractivity contribution in [1.29, 1.82) is 0 Å². The van der Waals surface area contributed by atoms with Crippen LogP contribution in [0, 0.1) is 29.6 Å². The van der Waals surface area contributed by atoms with Crippen LogP contribution in [0.2, 0.25) is 0 Å². The lowest BCUT2D eigenvalue weighted by Gasteiger charge is -2.41. The van der Waals surface area contributed by atoms with Gasteiger partial charge in [0.1, 0.15) is 6.10 Å². The molecule has 1 heterocycles. The summed E-state index contributed by atoms with van der Waals surface area (Å²) in [7, 11) is 6.64. The molecular weight excluding hydrogens is 976 g/mol. The number of halogens is 1. The average molecular weight is 1060 g/mol. The molecule has 1 aliphatic heterocycles. The van der Waals surface area contributed by atoms with Gasteiger partial charge in [0.2, 0.25) is 17.7 Å². The van der Waals surface area contributed by atoms with E-state index in [1.807, 2.05) is 83.1 Å². The number of nitrogens with zero attached hydrogens (tertiary/aromatic N) is 2. The Morgan fingerprint density at radius 1 is 0.824 bits per heavy atom. The minimum atomic E-state index is -0.771. The second-order valence-electron chi connectivity index (χ2n) is 19.0. The topological polar surface area (TPSA) is 161 Å². The molecule has 0 aromatic heterocycles. The number of likely N-dealkylation sites (N-methyl/N-ethyl adjacent to an activating group) is 2. The summed E-state index contributed by atoms with van der Waals surface area (Å²) in [6.07, 6.45) is 1.68. The molecule has 382 valence electrons. The normalized spacial score (nSPS) is 17.6. The number of unbranched alkanes of at least 4 members (excludes halogenated alkanes) is 1. The molecular formula is C54H85IN4O9. The van der Waals surface area contributed by atoms with E-state index in [-0.39, 0.29) is 72.3 Å². The van der Waals surface area contributed by atoms with Crippen LogP contribution in [0.25, 0.3) is 0 Å². The van der Waals surface area contributed by atoms with E-state index in [2.05, 4.69) is 47.1 Å². The zero-order valence-corrected chi connectivity index (χ0v) is 45.6. The molecule has 1 fully saturated rings. The van der Waals surface area contributed by atoms with Crippen LogP contribution in [0.15, 0.2) is 60.7 Å². The van der Waals surface area contributed by atoms with Crippen molar-refractivity contribution in [3.05, 3.63) is 71.8 Å². The number of hydrogen-bond donors (Lipinski definition) is 2. The predicted octanol–water partition coefficient (Wildman–Crippen LogP) is 9.06. The molecule has 0 aliphatic carbocycles. The number of esters is 1. The number of amides is 3. The molecule has 0 bridgehead atoms. The fourth-order valence-electron chi connectivity index (χ4n) is 9.44. The lowest BCUT2D eigenvalue weighted by molar-refractivity contribution is -0.152. The van der Waals surface area contributed by atoms with E-state index in [9.17, 15) is 28.8 Å². The number of rotatable bonds is 28. The largest absolute Gasteiger partial charge is 0.455 e. The first kappa shape index (κ1) is 60.4. The monoisotopic (exact) mass is 1060 g/mol. The van der Waals surface area contributed by atoms with Crippen molar-refractivity contribution in [3.8, 4) is 0 Å². The van der Waals surface area contributed by atoms with Crippen molar-refractivity contribution in [3.63, 3.8) is 0 Å². The molecule has 68 heavy (non-hydrogen) atoms. The number of alkyl halides is 1. The molecule has 2 N–H and O–H groups in total. The molecule has 1 unspecified atom stereocenters. The highest BCUT2D eigenvalue weighted by Crippen LogP contribution is 2.31. The van der Waals surface area contributed by atoms with E-state index in [4.69, 9.17) is 14.2 Å². The van der Waals surface area contributed by atoms with Crippen molar-refractivity contribution in [2.75, 3.05) is 39.3 Å². The summed E-state index contributed by atoms with van der Waals surface area (Å²) in [5, 5.41) is 6.20. The first-order chi connectivity index (χ1) is 32.3. The maximum absolute atomic E-state index is 14.4. The standard InChI is InChI=1S/C52H80N4O9.C2H5I/c1-13-35(6)48(55(10)52(62)40(33(2)3)31-43(58)47(53-9)34(4)5)44(63-11)32-45(59)56-30-22-27-41(56)49(64-12)36(7)51(61)54-37(8)50(39-25-18-15-19-26-39)65-46(60)29-21-20-28-42(57)38-23-16-14-17-24-38;1-2-3/h14-19,23-26,33-37,40-41,44,47-50,53H,13,20-22,27-32H2,1-12H3,(H,54,61);2H2,1H3/t35-,36+,37+,40-,41-,44+,47-,48-,49+,50?;/m0./s1. The first-order valence-electron chi connectivity index (χ1n) is 24.8. The van der Waals surface area contributed by atoms with Crippen LogP contribution in [-0.2, 0) is 38.2 Å². The van der Waals surface area contributed by atoms with Gasteiger partial charge in [-0.25, -0.2) is 0 Å². The van der Waals surface area contributed by atoms with Crippen LogP contribution in [0.5, 0.6) is 0 Å². The average Bonchev–Trinajstić information content (AvgIpc) is 3.81. The third-order valence-corrected chi connectivity index (χ3v) is 13.5. The summed E-state index contributed by atoms with van der Waals surface area (Å²) in [6, 6.07) is 16.6. The molecule has 14 heteroatoms. The Hall–Kier alpha value is -3.73. The number of likely N-dealkylation sites (tertiary alicyclic amines) is 1. The molecule has 2 aromatic carbocycles. The van der Waals surface area contributed by atoms with Gasteiger partial charge in [-0.15, -0.1) is 0 Å². The SMILES string of the molecule is CCI.CC[C@H](C)[C@@H]([C@@H](CC(=O)N1CCC[C@H]1[C@H](OC)[C@@H](C)C(=O)N[C@H](C)C(OC(=O)CCCCC(=O)c1ccccc1)c1ccccc1)OC)N(C)C(=O)[C@@H](CC(=O)[C@@H](NC)C(C)C)C(C)C. The van der Waals surface area contributed by atoms with E-state index >= 15 is 0 Å². The van der Waals surface area contributed by atoms with E-state index in [1.54, 1.807) is 64.1 Å². The number of ether oxygens (including phenoxy) is 3. The van der Waals surface area contributed by atoms with Crippen molar-refractivity contribution in [2.45, 2.75) is 163 Å². The number of hydrogen-bond acceptors (Lipinski definition) is 10. The molecule has 3 amide bonds. The molecule has 0 saturated carbocycles. The molecule has 10 atom stereocenters. The van der Waals surface area contributed by atoms with Crippen molar-refractivity contribution in [2.24, 2.45) is 29.6 Å². The van der Waals surface area contributed by atoms with Crippen LogP contribution >= 0.6 is 22.6 Å². The van der Waals surface area contributed by atoms with Crippen molar-refractivity contribution in [1.82, 2.24) is 20.4 Å². The Labute approximate surface area is 422 Å². The maximum Gasteiger partial charge on any atom is 0.306 e. The van der Waals surface area contributed by atoms with Gasteiger partial charge in [-0.05, 0) is 67.4 Å².